The van der Waals surface area contributed by atoms with Crippen LogP contribution in [0, 0.1) is 5.82 Å². The van der Waals surface area contributed by atoms with Gasteiger partial charge in [-0.15, -0.1) is 0 Å². The van der Waals surface area contributed by atoms with E-state index in [1.54, 1.807) is 6.07 Å². The van der Waals surface area contributed by atoms with Gasteiger partial charge in [0.15, 0.2) is 0 Å². The molecule has 8 nitrogen and oxygen atoms in total. The Morgan fingerprint density at radius 2 is 2.15 bits per heavy atom. The van der Waals surface area contributed by atoms with E-state index in [-0.39, 0.29) is 35.9 Å². The Hall–Kier alpha value is -2.88. The quantitative estimate of drug-likeness (QED) is 0.721. The predicted molar refractivity (Wildman–Crippen MR) is 90.7 cm³/mol. The number of aliphatic hydroxyl groups is 2. The van der Waals surface area contributed by atoms with Crippen molar-refractivity contribution in [3.8, 4) is 0 Å². The number of halogens is 1. The van der Waals surface area contributed by atoms with Crippen molar-refractivity contribution in [2.45, 2.75) is 25.4 Å². The number of aromatic nitrogens is 2. The van der Waals surface area contributed by atoms with E-state index >= 15 is 0 Å². The summed E-state index contributed by atoms with van der Waals surface area (Å²) < 4.78 is 20.8. The number of fused-ring (bicyclic) bond motifs is 3. The summed E-state index contributed by atoms with van der Waals surface area (Å²) in [7, 11) is 0. The van der Waals surface area contributed by atoms with Crippen molar-refractivity contribution in [1.29, 1.82) is 0 Å². The fraction of sp³-hybridized carbons (Fsp3) is 0.278. The summed E-state index contributed by atoms with van der Waals surface area (Å²) in [6.45, 7) is -0.409. The molecule has 27 heavy (non-hydrogen) atoms. The summed E-state index contributed by atoms with van der Waals surface area (Å²) in [6, 6.07) is 5.81. The molecule has 1 aliphatic carbocycles. The van der Waals surface area contributed by atoms with Gasteiger partial charge < -0.3 is 24.8 Å². The largest absolute Gasteiger partial charge is 0.394 e. The number of ether oxygens (including phenoxy) is 1. The van der Waals surface area contributed by atoms with Crippen LogP contribution in [0.2, 0.25) is 0 Å². The molecule has 4 rings (SSSR count). The van der Waals surface area contributed by atoms with Crippen LogP contribution in [0.15, 0.2) is 36.0 Å². The van der Waals surface area contributed by atoms with Crippen LogP contribution in [0.1, 0.15) is 26.8 Å². The average Bonchev–Trinajstić information content (AvgIpc) is 3.06. The van der Waals surface area contributed by atoms with Crippen LogP contribution in [-0.2, 0) is 17.9 Å². The lowest BCUT2D eigenvalue weighted by Gasteiger charge is -2.28. The number of ketones is 2. The van der Waals surface area contributed by atoms with Crippen molar-refractivity contribution in [2.24, 2.45) is 0 Å². The van der Waals surface area contributed by atoms with Gasteiger partial charge in [0.05, 0.1) is 24.5 Å². The number of carbonyl (C=O) groups excluding carboxylic acids is 2. The molecule has 1 aliphatic heterocycles. The molecule has 0 unspecified atom stereocenters. The van der Waals surface area contributed by atoms with Gasteiger partial charge in [0.1, 0.15) is 41.8 Å². The molecule has 0 spiro atoms. The first-order chi connectivity index (χ1) is 13.0. The first kappa shape index (κ1) is 17.5. The molecule has 3 N–H and O–H groups in total. The second-order valence-corrected chi connectivity index (χ2v) is 6.29. The fourth-order valence-electron chi connectivity index (χ4n) is 3.17. The number of nitrogens with one attached hydrogen (secondary N) is 1. The topological polar surface area (TPSA) is 114 Å². The second kappa shape index (κ2) is 6.69. The molecule has 1 aromatic carbocycles. The molecule has 2 heterocycles. The molecule has 2 aliphatic rings. The molecule has 1 aromatic heterocycles. The van der Waals surface area contributed by atoms with Crippen molar-refractivity contribution in [3.63, 3.8) is 0 Å². The number of hydrogen-bond acceptors (Lipinski definition) is 7. The molecular weight excluding hydrogens is 357 g/mol. The average molecular weight is 373 g/mol. The molecular formula is C18H16FN3O5. The highest BCUT2D eigenvalue weighted by Gasteiger charge is 2.36. The third-order valence-electron chi connectivity index (χ3n) is 4.56. The van der Waals surface area contributed by atoms with Gasteiger partial charge >= 0.3 is 0 Å². The second-order valence-electron chi connectivity index (χ2n) is 6.29. The lowest BCUT2D eigenvalue weighted by atomic mass is 10.0. The minimum atomic E-state index is -1.11. The first-order valence-corrected chi connectivity index (χ1v) is 8.31. The van der Waals surface area contributed by atoms with Gasteiger partial charge in [0.25, 0.3) is 0 Å². The zero-order valence-electron chi connectivity index (χ0n) is 14.1. The van der Waals surface area contributed by atoms with Crippen LogP contribution in [0.3, 0.4) is 0 Å². The molecule has 0 radical (unpaired) electrons. The molecule has 140 valence electrons. The molecule has 0 amide bonds. The smallest absolute Gasteiger partial charge is 0.230 e. The normalized spacial score (nSPS) is 20.0. The van der Waals surface area contributed by atoms with Crippen LogP contribution in [0.5, 0.6) is 0 Å². The lowest BCUT2D eigenvalue weighted by Crippen LogP contribution is -2.40. The molecule has 0 saturated carbocycles. The number of Topliss-reactive ketones (excluding diaryl/α,β-unsaturated/α-hetero) is 1. The molecule has 0 saturated heterocycles. The lowest BCUT2D eigenvalue weighted by molar-refractivity contribution is -0.0873. The number of nitrogens with zero attached hydrogens (tertiary/aromatic N) is 2. The third-order valence-corrected chi connectivity index (χ3v) is 4.56. The van der Waals surface area contributed by atoms with Crippen molar-refractivity contribution >= 4 is 17.3 Å². The predicted octanol–water partition coefficient (Wildman–Crippen LogP) is 0.649. The highest BCUT2D eigenvalue weighted by atomic mass is 19.1. The number of benzene rings is 1. The summed E-state index contributed by atoms with van der Waals surface area (Å²) >= 11 is 0. The number of para-hydroxylation sites is 1. The van der Waals surface area contributed by atoms with Gasteiger partial charge in [-0.05, 0) is 12.1 Å². The number of anilines is 1. The van der Waals surface area contributed by atoms with E-state index in [2.05, 4.69) is 10.3 Å². The Bertz CT molecular complexity index is 968. The van der Waals surface area contributed by atoms with E-state index in [0.717, 1.165) is 6.08 Å². The van der Waals surface area contributed by atoms with Gasteiger partial charge in [0, 0.05) is 6.08 Å². The van der Waals surface area contributed by atoms with Crippen LogP contribution in [0.25, 0.3) is 0 Å². The highest BCUT2D eigenvalue weighted by Crippen LogP contribution is 2.28. The number of aliphatic hydroxyl groups excluding tert-OH is 2. The maximum absolute atomic E-state index is 13.8. The van der Waals surface area contributed by atoms with Crippen molar-refractivity contribution < 1.29 is 28.9 Å². The number of hydrogen-bond donors (Lipinski definition) is 3. The molecule has 2 atom stereocenters. The van der Waals surface area contributed by atoms with Crippen LogP contribution < -0.4 is 5.32 Å². The van der Waals surface area contributed by atoms with Gasteiger partial charge in [0.2, 0.25) is 11.6 Å². The first-order valence-electron chi connectivity index (χ1n) is 8.31. The SMILES string of the molecule is O=C1C(Nc2ccccc2F)=CC(=O)c2c1nc1n2C[C@@H]([C@H](O)CO)OC1. The maximum atomic E-state index is 13.8. The van der Waals surface area contributed by atoms with Gasteiger partial charge in [-0.3, -0.25) is 9.59 Å². The van der Waals surface area contributed by atoms with Crippen molar-refractivity contribution in [2.75, 3.05) is 11.9 Å². The summed E-state index contributed by atoms with van der Waals surface area (Å²) in [5.74, 6) is -1.17. The van der Waals surface area contributed by atoms with Crippen LogP contribution in [-0.4, -0.2) is 50.1 Å². The van der Waals surface area contributed by atoms with Crippen LogP contribution >= 0.6 is 0 Å². The number of imidazole rings is 1. The van der Waals surface area contributed by atoms with E-state index in [1.807, 2.05) is 0 Å². The number of allylic oxidation sites excluding steroid dienone is 2. The van der Waals surface area contributed by atoms with E-state index in [4.69, 9.17) is 9.84 Å². The van der Waals surface area contributed by atoms with Gasteiger partial charge in [-0.2, -0.15) is 0 Å². The molecule has 9 heteroatoms. The summed E-state index contributed by atoms with van der Waals surface area (Å²) in [5.41, 5.74) is 0.0688. The molecule has 0 bridgehead atoms. The Labute approximate surface area is 152 Å². The Balaban J connectivity index is 1.67. The number of rotatable bonds is 4. The standard InChI is InChI=1S/C18H16FN3O5/c19-9-3-1-2-4-10(9)20-11-5-12(24)17-16(18(11)26)21-15-8-27-14(6-22(15)17)13(25)7-23/h1-5,13-14,20,23,25H,6-8H2/t13-,14+/m1/s1. The Morgan fingerprint density at radius 1 is 1.37 bits per heavy atom. The molecule has 2 aromatic rings. The van der Waals surface area contributed by atoms with Gasteiger partial charge in [-0.1, -0.05) is 12.1 Å². The minimum absolute atomic E-state index is 0.00857. The number of carbonyl (C=O) groups is 2. The summed E-state index contributed by atoms with van der Waals surface area (Å²) in [4.78, 5) is 29.6. The molecule has 0 fully saturated rings. The Kier molecular flexibility index (Phi) is 4.34. The monoisotopic (exact) mass is 373 g/mol. The van der Waals surface area contributed by atoms with E-state index in [0.29, 0.717) is 5.82 Å². The van der Waals surface area contributed by atoms with Crippen molar-refractivity contribution in [3.05, 3.63) is 59.1 Å². The van der Waals surface area contributed by atoms with E-state index in [9.17, 15) is 19.1 Å². The zero-order valence-corrected chi connectivity index (χ0v) is 14.1. The van der Waals surface area contributed by atoms with Crippen LogP contribution in [0.4, 0.5) is 10.1 Å². The van der Waals surface area contributed by atoms with Gasteiger partial charge in [-0.25, -0.2) is 9.37 Å². The maximum Gasteiger partial charge on any atom is 0.230 e. The fourth-order valence-corrected chi connectivity index (χ4v) is 3.17. The van der Waals surface area contributed by atoms with E-state index < -0.39 is 36.2 Å². The zero-order chi connectivity index (χ0) is 19.1. The van der Waals surface area contributed by atoms with E-state index in [1.165, 1.54) is 22.8 Å². The van der Waals surface area contributed by atoms with Crippen molar-refractivity contribution in [1.82, 2.24) is 9.55 Å². The Morgan fingerprint density at radius 3 is 2.89 bits per heavy atom. The highest BCUT2D eigenvalue weighted by molar-refractivity contribution is 6.24. The summed E-state index contributed by atoms with van der Waals surface area (Å²) in [6.07, 6.45) is -0.719. The minimum Gasteiger partial charge on any atom is -0.394 e. The third kappa shape index (κ3) is 2.95. The summed E-state index contributed by atoms with van der Waals surface area (Å²) in [5, 5.41) is 21.5.